The van der Waals surface area contributed by atoms with Crippen molar-refractivity contribution < 1.29 is 14.3 Å². The smallest absolute Gasteiger partial charge is 0.271 e. The molecule has 2 amide bonds. The number of nitrogens with zero attached hydrogens (tertiary/aromatic N) is 3. The van der Waals surface area contributed by atoms with Gasteiger partial charge >= 0.3 is 0 Å². The lowest BCUT2D eigenvalue weighted by Gasteiger charge is -2.32. The molecule has 0 saturated carbocycles. The minimum Gasteiger partial charge on any atom is -0.484 e. The van der Waals surface area contributed by atoms with Crippen molar-refractivity contribution in [3.8, 4) is 5.75 Å². The van der Waals surface area contributed by atoms with Crippen LogP contribution in [-0.4, -0.2) is 52.4 Å². The first-order chi connectivity index (χ1) is 12.6. The topological polar surface area (TPSA) is 84.4 Å². The Morgan fingerprint density at radius 1 is 1.19 bits per heavy atom. The molecule has 0 spiro atoms. The largest absolute Gasteiger partial charge is 0.484 e. The van der Waals surface area contributed by atoms with E-state index in [0.717, 1.165) is 5.56 Å². The van der Waals surface area contributed by atoms with Gasteiger partial charge in [-0.3, -0.25) is 14.6 Å². The summed E-state index contributed by atoms with van der Waals surface area (Å²) in [5.41, 5.74) is 1.45. The Balaban J connectivity index is 1.42. The van der Waals surface area contributed by atoms with Crippen LogP contribution in [0.15, 0.2) is 42.9 Å². The van der Waals surface area contributed by atoms with Gasteiger partial charge in [0.25, 0.3) is 11.8 Å². The molecule has 1 aliphatic rings. The molecule has 1 N–H and O–H groups in total. The van der Waals surface area contributed by atoms with Crippen LogP contribution < -0.4 is 10.1 Å². The summed E-state index contributed by atoms with van der Waals surface area (Å²) in [4.78, 5) is 34.0. The van der Waals surface area contributed by atoms with Crippen LogP contribution in [-0.2, 0) is 4.79 Å². The normalized spacial score (nSPS) is 14.7. The number of amides is 2. The number of carbonyl (C=O) groups excluding carboxylic acids is 2. The van der Waals surface area contributed by atoms with Crippen LogP contribution in [0.4, 0.5) is 0 Å². The highest BCUT2D eigenvalue weighted by molar-refractivity contribution is 5.92. The van der Waals surface area contributed by atoms with Gasteiger partial charge in [0.05, 0.1) is 6.20 Å². The zero-order chi connectivity index (χ0) is 18.4. The molecule has 1 aliphatic heterocycles. The molecule has 1 fully saturated rings. The molecule has 0 atom stereocenters. The second-order valence-corrected chi connectivity index (χ2v) is 6.32. The van der Waals surface area contributed by atoms with Crippen molar-refractivity contribution in [1.82, 2.24) is 20.2 Å². The standard InChI is InChI=1S/C19H22N4O3/c1-14-2-4-16(5-3-14)26-13-18(24)23-10-6-15(7-11-23)22-19(25)17-12-20-8-9-21-17/h2-5,8-9,12,15H,6-7,10-11,13H2,1H3,(H,22,25). The van der Waals surface area contributed by atoms with E-state index in [1.165, 1.54) is 18.6 Å². The fraction of sp³-hybridized carbons (Fsp3) is 0.368. The molecular formula is C19H22N4O3. The first-order valence-electron chi connectivity index (χ1n) is 8.66. The highest BCUT2D eigenvalue weighted by Crippen LogP contribution is 2.14. The number of aryl methyl sites for hydroxylation is 1. The van der Waals surface area contributed by atoms with E-state index >= 15 is 0 Å². The van der Waals surface area contributed by atoms with Crippen LogP contribution in [0.3, 0.4) is 0 Å². The van der Waals surface area contributed by atoms with E-state index in [4.69, 9.17) is 4.74 Å². The molecule has 0 aliphatic carbocycles. The number of nitrogens with one attached hydrogen (secondary N) is 1. The number of piperidine rings is 1. The SMILES string of the molecule is Cc1ccc(OCC(=O)N2CCC(NC(=O)c3cnccn3)CC2)cc1. The van der Waals surface area contributed by atoms with E-state index in [9.17, 15) is 9.59 Å². The Labute approximate surface area is 152 Å². The Hall–Kier alpha value is -2.96. The number of carbonyl (C=O) groups is 2. The van der Waals surface area contributed by atoms with Gasteiger partial charge in [-0.2, -0.15) is 0 Å². The Morgan fingerprint density at radius 3 is 2.58 bits per heavy atom. The summed E-state index contributed by atoms with van der Waals surface area (Å²) in [6.07, 6.45) is 5.88. The molecule has 7 heteroatoms. The van der Waals surface area contributed by atoms with E-state index in [-0.39, 0.29) is 24.5 Å². The van der Waals surface area contributed by atoms with Crippen LogP contribution in [0.2, 0.25) is 0 Å². The van der Waals surface area contributed by atoms with E-state index in [2.05, 4.69) is 15.3 Å². The van der Waals surface area contributed by atoms with Gasteiger partial charge in [-0.25, -0.2) is 4.98 Å². The van der Waals surface area contributed by atoms with E-state index in [0.29, 0.717) is 37.4 Å². The van der Waals surface area contributed by atoms with E-state index < -0.39 is 0 Å². The van der Waals surface area contributed by atoms with Gasteiger partial charge in [0.15, 0.2) is 6.61 Å². The molecule has 1 aromatic carbocycles. The third kappa shape index (κ3) is 4.78. The van der Waals surface area contributed by atoms with Crippen LogP contribution in [0.5, 0.6) is 5.75 Å². The minimum absolute atomic E-state index is 0.0275. The first kappa shape index (κ1) is 17.8. The van der Waals surface area contributed by atoms with Crippen molar-refractivity contribution >= 4 is 11.8 Å². The van der Waals surface area contributed by atoms with Crippen LogP contribution in [0.25, 0.3) is 0 Å². The molecule has 136 valence electrons. The predicted molar refractivity (Wildman–Crippen MR) is 95.8 cm³/mol. The fourth-order valence-corrected chi connectivity index (χ4v) is 2.82. The van der Waals surface area contributed by atoms with Crippen LogP contribution in [0, 0.1) is 6.92 Å². The summed E-state index contributed by atoms with van der Waals surface area (Å²) in [5.74, 6) is 0.421. The molecule has 7 nitrogen and oxygen atoms in total. The van der Waals surface area contributed by atoms with Gasteiger partial charge in [-0.15, -0.1) is 0 Å². The molecule has 2 heterocycles. The summed E-state index contributed by atoms with van der Waals surface area (Å²) in [6.45, 7) is 3.23. The van der Waals surface area contributed by atoms with Gasteiger partial charge < -0.3 is 15.0 Å². The Bertz CT molecular complexity index is 741. The van der Waals surface area contributed by atoms with E-state index in [1.54, 1.807) is 4.90 Å². The van der Waals surface area contributed by atoms with E-state index in [1.807, 2.05) is 31.2 Å². The summed E-state index contributed by atoms with van der Waals surface area (Å²) in [6, 6.07) is 7.65. The van der Waals surface area contributed by atoms with Crippen molar-refractivity contribution in [2.45, 2.75) is 25.8 Å². The van der Waals surface area contributed by atoms with Gasteiger partial charge in [-0.1, -0.05) is 17.7 Å². The molecule has 1 aromatic heterocycles. The summed E-state index contributed by atoms with van der Waals surface area (Å²) in [5, 5.41) is 2.95. The molecule has 0 unspecified atom stereocenters. The second kappa shape index (κ2) is 8.42. The molecule has 1 saturated heterocycles. The van der Waals surface area contributed by atoms with Crippen molar-refractivity contribution in [1.29, 1.82) is 0 Å². The maximum Gasteiger partial charge on any atom is 0.271 e. The first-order valence-corrected chi connectivity index (χ1v) is 8.66. The number of benzene rings is 1. The van der Waals surface area contributed by atoms with Gasteiger partial charge in [0.2, 0.25) is 0 Å². The van der Waals surface area contributed by atoms with Gasteiger partial charge in [0.1, 0.15) is 11.4 Å². The molecular weight excluding hydrogens is 332 g/mol. The number of rotatable bonds is 5. The number of ether oxygens (including phenoxy) is 1. The second-order valence-electron chi connectivity index (χ2n) is 6.32. The highest BCUT2D eigenvalue weighted by atomic mass is 16.5. The number of hydrogen-bond donors (Lipinski definition) is 1. The maximum absolute atomic E-state index is 12.3. The fourth-order valence-electron chi connectivity index (χ4n) is 2.82. The van der Waals surface area contributed by atoms with Crippen molar-refractivity contribution in [3.05, 3.63) is 54.1 Å². The third-order valence-electron chi connectivity index (χ3n) is 4.36. The lowest BCUT2D eigenvalue weighted by Crippen LogP contribution is -2.47. The van der Waals surface area contributed by atoms with Crippen molar-refractivity contribution in [2.24, 2.45) is 0 Å². The molecule has 3 rings (SSSR count). The highest BCUT2D eigenvalue weighted by Gasteiger charge is 2.24. The number of aromatic nitrogens is 2. The Kier molecular flexibility index (Phi) is 5.78. The third-order valence-corrected chi connectivity index (χ3v) is 4.36. The predicted octanol–water partition coefficient (Wildman–Crippen LogP) is 1.58. The van der Waals surface area contributed by atoms with Gasteiger partial charge in [0, 0.05) is 31.5 Å². The zero-order valence-corrected chi connectivity index (χ0v) is 14.7. The monoisotopic (exact) mass is 354 g/mol. The van der Waals surface area contributed by atoms with Crippen molar-refractivity contribution in [2.75, 3.05) is 19.7 Å². The zero-order valence-electron chi connectivity index (χ0n) is 14.7. The molecule has 26 heavy (non-hydrogen) atoms. The van der Waals surface area contributed by atoms with Crippen molar-refractivity contribution in [3.63, 3.8) is 0 Å². The summed E-state index contributed by atoms with van der Waals surface area (Å²) in [7, 11) is 0. The average Bonchev–Trinajstić information content (AvgIpc) is 2.68. The summed E-state index contributed by atoms with van der Waals surface area (Å²) >= 11 is 0. The molecule has 0 bridgehead atoms. The Morgan fingerprint density at radius 2 is 1.92 bits per heavy atom. The van der Waals surface area contributed by atoms with Gasteiger partial charge in [-0.05, 0) is 31.9 Å². The maximum atomic E-state index is 12.3. The summed E-state index contributed by atoms with van der Waals surface area (Å²) < 4.78 is 5.55. The van der Waals surface area contributed by atoms with Crippen LogP contribution in [0.1, 0.15) is 28.9 Å². The lowest BCUT2D eigenvalue weighted by molar-refractivity contribution is -0.134. The quantitative estimate of drug-likeness (QED) is 0.881. The average molecular weight is 354 g/mol. The molecule has 2 aromatic rings. The van der Waals surface area contributed by atoms with Crippen LogP contribution >= 0.6 is 0 Å². The lowest BCUT2D eigenvalue weighted by atomic mass is 10.0. The number of likely N-dealkylation sites (tertiary alicyclic amines) is 1. The number of hydrogen-bond acceptors (Lipinski definition) is 5. The molecule has 0 radical (unpaired) electrons. The minimum atomic E-state index is -0.231.